The van der Waals surface area contributed by atoms with E-state index >= 15 is 0 Å². The Hall–Kier alpha value is -2.58. The van der Waals surface area contributed by atoms with Gasteiger partial charge in [0.25, 0.3) is 0 Å². The zero-order valence-corrected chi connectivity index (χ0v) is 22.2. The summed E-state index contributed by atoms with van der Waals surface area (Å²) in [6.45, 7) is 8.80. The Balaban J connectivity index is 2.45. The molecule has 2 atom stereocenters. The van der Waals surface area contributed by atoms with Crippen molar-refractivity contribution < 1.29 is 18.0 Å². The summed E-state index contributed by atoms with van der Waals surface area (Å²) >= 11 is 6.33. The highest BCUT2D eigenvalue weighted by atomic mass is 35.5. The third-order valence-corrected chi connectivity index (χ3v) is 7.49. The number of rotatable bonds is 10. The Morgan fingerprint density at radius 1 is 1.06 bits per heavy atom. The minimum atomic E-state index is -3.78. The number of carbonyl (C=O) groups excluding carboxylic acids is 2. The molecule has 2 aromatic carbocycles. The molecular weight excluding hydrogens is 474 g/mol. The van der Waals surface area contributed by atoms with Gasteiger partial charge in [-0.2, -0.15) is 0 Å². The highest BCUT2D eigenvalue weighted by Gasteiger charge is 2.31. The molecule has 0 saturated carbocycles. The van der Waals surface area contributed by atoms with E-state index in [4.69, 9.17) is 11.6 Å². The zero-order valence-electron chi connectivity index (χ0n) is 20.6. The maximum atomic E-state index is 13.6. The number of amides is 2. The van der Waals surface area contributed by atoms with Crippen LogP contribution in [0.1, 0.15) is 43.9 Å². The molecule has 34 heavy (non-hydrogen) atoms. The second-order valence-corrected chi connectivity index (χ2v) is 10.9. The molecule has 0 heterocycles. The van der Waals surface area contributed by atoms with Gasteiger partial charge in [-0.15, -0.1) is 0 Å². The summed E-state index contributed by atoms with van der Waals surface area (Å²) in [4.78, 5) is 27.9. The van der Waals surface area contributed by atoms with E-state index < -0.39 is 28.5 Å². The topological polar surface area (TPSA) is 86.8 Å². The van der Waals surface area contributed by atoms with Gasteiger partial charge in [0, 0.05) is 17.6 Å². The summed E-state index contributed by atoms with van der Waals surface area (Å²) in [7, 11) is -3.78. The zero-order chi connectivity index (χ0) is 25.6. The summed E-state index contributed by atoms with van der Waals surface area (Å²) in [6.07, 6.45) is 1.81. The van der Waals surface area contributed by atoms with Crippen LogP contribution < -0.4 is 9.62 Å². The maximum Gasteiger partial charge on any atom is 0.244 e. The van der Waals surface area contributed by atoms with Crippen molar-refractivity contribution in [1.29, 1.82) is 0 Å². The first-order valence-corrected chi connectivity index (χ1v) is 13.5. The lowest BCUT2D eigenvalue weighted by Crippen LogP contribution is -2.52. The van der Waals surface area contributed by atoms with E-state index in [-0.39, 0.29) is 18.5 Å². The molecule has 0 aliphatic carbocycles. The third kappa shape index (κ3) is 6.96. The Kier molecular flexibility index (Phi) is 9.53. The molecule has 186 valence electrons. The molecule has 0 aromatic heterocycles. The molecule has 0 aliphatic rings. The van der Waals surface area contributed by atoms with Crippen LogP contribution >= 0.6 is 11.6 Å². The number of nitrogens with zero attached hydrogens (tertiary/aromatic N) is 2. The summed E-state index contributed by atoms with van der Waals surface area (Å²) < 4.78 is 26.5. The highest BCUT2D eigenvalue weighted by Crippen LogP contribution is 2.26. The van der Waals surface area contributed by atoms with Crippen LogP contribution in [-0.4, -0.2) is 50.0 Å². The largest absolute Gasteiger partial charge is 0.352 e. The van der Waals surface area contributed by atoms with Crippen molar-refractivity contribution in [1.82, 2.24) is 10.2 Å². The van der Waals surface area contributed by atoms with Crippen LogP contribution in [0.3, 0.4) is 0 Å². The fourth-order valence-electron chi connectivity index (χ4n) is 3.46. The van der Waals surface area contributed by atoms with E-state index in [1.54, 1.807) is 43.3 Å². The third-order valence-electron chi connectivity index (χ3n) is 5.99. The van der Waals surface area contributed by atoms with Crippen molar-refractivity contribution in [3.05, 3.63) is 64.2 Å². The van der Waals surface area contributed by atoms with E-state index in [9.17, 15) is 18.0 Å². The lowest BCUT2D eigenvalue weighted by molar-refractivity contribution is -0.139. The number of sulfonamides is 1. The Bertz CT molecular complexity index is 1140. The first-order valence-electron chi connectivity index (χ1n) is 11.2. The summed E-state index contributed by atoms with van der Waals surface area (Å²) in [5, 5.41) is 3.36. The average Bonchev–Trinajstić information content (AvgIpc) is 2.77. The van der Waals surface area contributed by atoms with Crippen LogP contribution in [0.25, 0.3) is 0 Å². The van der Waals surface area contributed by atoms with Crippen LogP contribution in [0.15, 0.2) is 42.5 Å². The second kappa shape index (κ2) is 11.7. The van der Waals surface area contributed by atoms with Gasteiger partial charge < -0.3 is 10.2 Å². The quantitative estimate of drug-likeness (QED) is 0.525. The predicted molar refractivity (Wildman–Crippen MR) is 137 cm³/mol. The Labute approximate surface area is 208 Å². The highest BCUT2D eigenvalue weighted by molar-refractivity contribution is 7.92. The lowest BCUT2D eigenvalue weighted by Gasteiger charge is -2.32. The minimum absolute atomic E-state index is 0.0605. The van der Waals surface area contributed by atoms with Crippen LogP contribution in [0.4, 0.5) is 5.69 Å². The molecule has 0 bridgehead atoms. The number of carbonyl (C=O) groups is 2. The molecule has 0 spiro atoms. The van der Waals surface area contributed by atoms with Crippen LogP contribution in [0.2, 0.25) is 5.02 Å². The molecule has 0 radical (unpaired) electrons. The van der Waals surface area contributed by atoms with Gasteiger partial charge in [0.05, 0.1) is 11.9 Å². The van der Waals surface area contributed by atoms with E-state index in [0.29, 0.717) is 16.3 Å². The monoisotopic (exact) mass is 507 g/mol. The smallest absolute Gasteiger partial charge is 0.244 e. The molecule has 2 aromatic rings. The molecule has 0 aliphatic heterocycles. The predicted octanol–water partition coefficient (Wildman–Crippen LogP) is 4.05. The van der Waals surface area contributed by atoms with Gasteiger partial charge in [0.2, 0.25) is 21.8 Å². The van der Waals surface area contributed by atoms with Gasteiger partial charge >= 0.3 is 0 Å². The SMILES string of the molecule is CC[C@@H](C)NC(=O)[C@@H](C)N(Cc1ccccc1Cl)C(=O)CN(c1cccc(C)c1C)S(C)(=O)=O. The summed E-state index contributed by atoms with van der Waals surface area (Å²) in [5.41, 5.74) is 2.78. The van der Waals surface area contributed by atoms with Gasteiger partial charge in [-0.3, -0.25) is 13.9 Å². The fraction of sp³-hybridized carbons (Fsp3) is 0.440. The normalized spacial score (nSPS) is 13.1. The summed E-state index contributed by atoms with van der Waals surface area (Å²) in [5.74, 6) is -0.814. The minimum Gasteiger partial charge on any atom is -0.352 e. The van der Waals surface area contributed by atoms with Gasteiger partial charge in [-0.05, 0) is 62.9 Å². The number of benzene rings is 2. The average molecular weight is 508 g/mol. The number of hydrogen-bond donors (Lipinski definition) is 1. The molecule has 0 unspecified atom stereocenters. The number of nitrogens with one attached hydrogen (secondary N) is 1. The number of halogens is 1. The Morgan fingerprint density at radius 2 is 1.71 bits per heavy atom. The van der Waals surface area contributed by atoms with Gasteiger partial charge in [0.15, 0.2) is 0 Å². The van der Waals surface area contributed by atoms with Crippen molar-refractivity contribution in [3.8, 4) is 0 Å². The molecule has 9 heteroatoms. The molecule has 0 fully saturated rings. The van der Waals surface area contributed by atoms with E-state index in [2.05, 4.69) is 5.32 Å². The molecule has 2 amide bonds. The first kappa shape index (κ1) is 27.7. The molecule has 2 rings (SSSR count). The maximum absolute atomic E-state index is 13.6. The van der Waals surface area contributed by atoms with Gasteiger partial charge in [0.1, 0.15) is 12.6 Å². The number of aryl methyl sites for hydroxylation is 1. The Morgan fingerprint density at radius 3 is 2.29 bits per heavy atom. The standard InChI is InChI=1S/C25H34ClN3O4S/c1-7-18(3)27-25(31)20(5)28(15-21-12-8-9-13-22(21)26)24(30)16-29(34(6,32)33)23-14-10-11-17(2)19(23)4/h8-14,18,20H,7,15-16H2,1-6H3,(H,27,31)/t18-,20-/m1/s1. The summed E-state index contributed by atoms with van der Waals surface area (Å²) in [6, 6.07) is 11.5. The first-order chi connectivity index (χ1) is 15.9. The van der Waals surface area contributed by atoms with Crippen molar-refractivity contribution in [3.63, 3.8) is 0 Å². The fourth-order valence-corrected chi connectivity index (χ4v) is 4.55. The van der Waals surface area contributed by atoms with Gasteiger partial charge in [-0.25, -0.2) is 8.42 Å². The lowest BCUT2D eigenvalue weighted by atomic mass is 10.1. The molecule has 1 N–H and O–H groups in total. The van der Waals surface area contributed by atoms with E-state index in [1.165, 1.54) is 4.90 Å². The molecule has 0 saturated heterocycles. The van der Waals surface area contributed by atoms with Crippen molar-refractivity contribution >= 4 is 39.1 Å². The van der Waals surface area contributed by atoms with Gasteiger partial charge in [-0.1, -0.05) is 48.9 Å². The number of anilines is 1. The van der Waals surface area contributed by atoms with Crippen molar-refractivity contribution in [2.24, 2.45) is 0 Å². The van der Waals surface area contributed by atoms with Crippen LogP contribution in [0, 0.1) is 13.8 Å². The van der Waals surface area contributed by atoms with Crippen molar-refractivity contribution in [2.45, 2.75) is 59.7 Å². The molecular formula is C25H34ClN3O4S. The van der Waals surface area contributed by atoms with E-state index in [0.717, 1.165) is 28.1 Å². The number of hydrogen-bond acceptors (Lipinski definition) is 4. The molecule has 7 nitrogen and oxygen atoms in total. The van der Waals surface area contributed by atoms with E-state index in [1.807, 2.05) is 33.8 Å². The van der Waals surface area contributed by atoms with Crippen molar-refractivity contribution in [2.75, 3.05) is 17.1 Å². The van der Waals surface area contributed by atoms with Crippen LogP contribution in [-0.2, 0) is 26.2 Å². The van der Waals surface area contributed by atoms with Crippen LogP contribution in [0.5, 0.6) is 0 Å². The second-order valence-electron chi connectivity index (χ2n) is 8.60.